The van der Waals surface area contributed by atoms with Crippen LogP contribution in [0.25, 0.3) is 22.3 Å². The van der Waals surface area contributed by atoms with Crippen LogP contribution in [0.4, 0.5) is 11.6 Å². The first-order valence-corrected chi connectivity index (χ1v) is 10.1. The van der Waals surface area contributed by atoms with E-state index in [0.717, 1.165) is 46.6 Å². The minimum atomic E-state index is -0.272. The van der Waals surface area contributed by atoms with Crippen LogP contribution in [0.5, 0.6) is 0 Å². The Morgan fingerprint density at radius 1 is 1.10 bits per heavy atom. The number of carbonyl (C=O) groups is 1. The highest BCUT2D eigenvalue weighted by molar-refractivity contribution is 6.04. The van der Waals surface area contributed by atoms with Crippen LogP contribution >= 0.6 is 0 Å². The number of anilines is 2. The standard InChI is InChI=1S/C21H22N8O2/c1-12-13(2)27-28-18(12)20(30)25-16-7-14-8-17(26-19(14)22-11-16)15-9-23-21(24-10-15)29-3-5-31-6-4-29/h7-11H,3-6H2,1-2H3,(H,22,26)(H,25,30)(H,27,28). The van der Waals surface area contributed by atoms with Gasteiger partial charge in [-0.05, 0) is 26.0 Å². The lowest BCUT2D eigenvalue weighted by molar-refractivity contribution is 0.102. The van der Waals surface area contributed by atoms with Gasteiger partial charge in [0.2, 0.25) is 5.95 Å². The van der Waals surface area contributed by atoms with Crippen LogP contribution in [-0.2, 0) is 4.74 Å². The molecule has 0 spiro atoms. The van der Waals surface area contributed by atoms with Crippen molar-refractivity contribution in [1.82, 2.24) is 30.1 Å². The summed E-state index contributed by atoms with van der Waals surface area (Å²) in [6.45, 7) is 6.71. The van der Waals surface area contributed by atoms with Gasteiger partial charge in [0.05, 0.1) is 30.8 Å². The maximum Gasteiger partial charge on any atom is 0.276 e. The van der Waals surface area contributed by atoms with E-state index < -0.39 is 0 Å². The van der Waals surface area contributed by atoms with Crippen molar-refractivity contribution >= 4 is 28.6 Å². The number of nitrogens with zero attached hydrogens (tertiary/aromatic N) is 5. The highest BCUT2D eigenvalue weighted by atomic mass is 16.5. The van der Waals surface area contributed by atoms with Gasteiger partial charge in [0.1, 0.15) is 5.65 Å². The molecule has 1 fully saturated rings. The fraction of sp³-hybridized carbons (Fsp3) is 0.286. The van der Waals surface area contributed by atoms with Crippen LogP contribution in [-0.4, -0.2) is 62.3 Å². The number of H-pyrrole nitrogens is 2. The maximum atomic E-state index is 12.5. The van der Waals surface area contributed by atoms with Crippen molar-refractivity contribution in [2.75, 3.05) is 36.5 Å². The third kappa shape index (κ3) is 3.73. The zero-order chi connectivity index (χ0) is 21.4. The number of hydrogen-bond donors (Lipinski definition) is 3. The third-order valence-electron chi connectivity index (χ3n) is 5.44. The van der Waals surface area contributed by atoms with E-state index in [2.05, 4.69) is 40.3 Å². The molecule has 10 nitrogen and oxygen atoms in total. The molecule has 4 aromatic heterocycles. The third-order valence-corrected chi connectivity index (χ3v) is 5.44. The number of carbonyl (C=O) groups excluding carboxylic acids is 1. The highest BCUT2D eigenvalue weighted by Crippen LogP contribution is 2.25. The molecule has 0 bridgehead atoms. The summed E-state index contributed by atoms with van der Waals surface area (Å²) in [4.78, 5) is 31.3. The van der Waals surface area contributed by atoms with Gasteiger partial charge in [0, 0.05) is 47.7 Å². The maximum absolute atomic E-state index is 12.5. The molecule has 3 N–H and O–H groups in total. The monoisotopic (exact) mass is 418 g/mol. The Morgan fingerprint density at radius 3 is 2.58 bits per heavy atom. The Balaban J connectivity index is 1.35. The van der Waals surface area contributed by atoms with Crippen LogP contribution in [0, 0.1) is 13.8 Å². The van der Waals surface area contributed by atoms with Crippen LogP contribution in [0.2, 0.25) is 0 Å². The second-order valence-electron chi connectivity index (χ2n) is 7.49. The van der Waals surface area contributed by atoms with E-state index in [-0.39, 0.29) is 5.91 Å². The largest absolute Gasteiger partial charge is 0.378 e. The van der Waals surface area contributed by atoms with E-state index in [4.69, 9.17) is 4.74 Å². The molecule has 10 heteroatoms. The molecule has 4 aromatic rings. The number of amides is 1. The van der Waals surface area contributed by atoms with E-state index in [1.54, 1.807) is 18.6 Å². The normalized spacial score (nSPS) is 14.2. The number of hydrogen-bond acceptors (Lipinski definition) is 7. The van der Waals surface area contributed by atoms with Crippen LogP contribution in [0.15, 0.2) is 30.7 Å². The van der Waals surface area contributed by atoms with Gasteiger partial charge in [-0.1, -0.05) is 0 Å². The Bertz CT molecular complexity index is 1240. The lowest BCUT2D eigenvalue weighted by Crippen LogP contribution is -2.37. The number of ether oxygens (including phenoxy) is 1. The molecular formula is C21H22N8O2. The second-order valence-corrected chi connectivity index (χ2v) is 7.49. The molecule has 1 amide bonds. The lowest BCUT2D eigenvalue weighted by Gasteiger charge is -2.26. The summed E-state index contributed by atoms with van der Waals surface area (Å²) < 4.78 is 5.37. The van der Waals surface area contributed by atoms with Crippen molar-refractivity contribution in [3.05, 3.63) is 47.7 Å². The number of pyridine rings is 1. The summed E-state index contributed by atoms with van der Waals surface area (Å²) in [6, 6.07) is 3.84. The quantitative estimate of drug-likeness (QED) is 0.465. The van der Waals surface area contributed by atoms with Gasteiger partial charge in [-0.3, -0.25) is 9.89 Å². The molecule has 5 heterocycles. The summed E-state index contributed by atoms with van der Waals surface area (Å²) in [5.74, 6) is 0.432. The van der Waals surface area contributed by atoms with E-state index in [1.807, 2.05) is 26.0 Å². The van der Waals surface area contributed by atoms with Crippen molar-refractivity contribution < 1.29 is 9.53 Å². The van der Waals surface area contributed by atoms with E-state index >= 15 is 0 Å². The Kier molecular flexibility index (Phi) is 4.83. The number of rotatable bonds is 4. The number of fused-ring (bicyclic) bond motifs is 1. The van der Waals surface area contributed by atoms with Crippen molar-refractivity contribution in [1.29, 1.82) is 0 Å². The molecule has 0 saturated carbocycles. The van der Waals surface area contributed by atoms with Gasteiger partial charge in [-0.25, -0.2) is 15.0 Å². The summed E-state index contributed by atoms with van der Waals surface area (Å²) in [7, 11) is 0. The topological polar surface area (TPSA) is 125 Å². The molecule has 0 aromatic carbocycles. The molecule has 1 saturated heterocycles. The van der Waals surface area contributed by atoms with Gasteiger partial charge < -0.3 is 19.9 Å². The fourth-order valence-electron chi connectivity index (χ4n) is 3.52. The molecule has 0 unspecified atom stereocenters. The highest BCUT2D eigenvalue weighted by Gasteiger charge is 2.16. The average Bonchev–Trinajstić information content (AvgIpc) is 3.37. The van der Waals surface area contributed by atoms with Gasteiger partial charge in [0.15, 0.2) is 5.69 Å². The summed E-state index contributed by atoms with van der Waals surface area (Å²) >= 11 is 0. The number of aromatic nitrogens is 6. The first-order chi connectivity index (χ1) is 15.1. The number of nitrogens with one attached hydrogen (secondary N) is 3. The zero-order valence-corrected chi connectivity index (χ0v) is 17.3. The molecule has 0 atom stereocenters. The van der Waals surface area contributed by atoms with Gasteiger partial charge in [-0.2, -0.15) is 5.10 Å². The average molecular weight is 418 g/mol. The fourth-order valence-corrected chi connectivity index (χ4v) is 3.52. The molecule has 1 aliphatic heterocycles. The van der Waals surface area contributed by atoms with Gasteiger partial charge in [-0.15, -0.1) is 0 Å². The Morgan fingerprint density at radius 2 is 1.87 bits per heavy atom. The zero-order valence-electron chi connectivity index (χ0n) is 17.3. The number of aromatic amines is 2. The first-order valence-electron chi connectivity index (χ1n) is 10.1. The smallest absolute Gasteiger partial charge is 0.276 e. The minimum absolute atomic E-state index is 0.272. The van der Waals surface area contributed by atoms with Crippen molar-refractivity contribution in [2.45, 2.75) is 13.8 Å². The van der Waals surface area contributed by atoms with E-state index in [1.165, 1.54) is 0 Å². The van der Waals surface area contributed by atoms with Crippen molar-refractivity contribution in [3.8, 4) is 11.3 Å². The molecule has 5 rings (SSSR count). The predicted octanol–water partition coefficient (Wildman–Crippen LogP) is 2.45. The van der Waals surface area contributed by atoms with E-state index in [9.17, 15) is 4.79 Å². The van der Waals surface area contributed by atoms with Crippen molar-refractivity contribution in [2.24, 2.45) is 0 Å². The molecular weight excluding hydrogens is 396 g/mol. The predicted molar refractivity (Wildman–Crippen MR) is 116 cm³/mol. The number of aryl methyl sites for hydroxylation is 1. The van der Waals surface area contributed by atoms with Crippen molar-refractivity contribution in [3.63, 3.8) is 0 Å². The lowest BCUT2D eigenvalue weighted by atomic mass is 10.2. The van der Waals surface area contributed by atoms with Crippen LogP contribution < -0.4 is 10.2 Å². The number of morpholine rings is 1. The van der Waals surface area contributed by atoms with E-state index in [0.29, 0.717) is 30.5 Å². The summed E-state index contributed by atoms with van der Waals surface area (Å²) in [5.41, 5.74) is 5.12. The molecule has 31 heavy (non-hydrogen) atoms. The van der Waals surface area contributed by atoms with Gasteiger partial charge in [0.25, 0.3) is 5.91 Å². The van der Waals surface area contributed by atoms with Crippen LogP contribution in [0.1, 0.15) is 21.7 Å². The SMILES string of the molecule is Cc1[nH]nc(C(=O)Nc2cnc3[nH]c(-c4cnc(N5CCOCC5)nc4)cc3c2)c1C. The Hall–Kier alpha value is -3.79. The van der Waals surface area contributed by atoms with Crippen LogP contribution in [0.3, 0.4) is 0 Å². The summed E-state index contributed by atoms with van der Waals surface area (Å²) in [6.07, 6.45) is 5.22. The molecule has 1 aliphatic rings. The summed E-state index contributed by atoms with van der Waals surface area (Å²) in [5, 5.41) is 10.6. The first kappa shape index (κ1) is 19.2. The minimum Gasteiger partial charge on any atom is -0.378 e. The molecule has 158 valence electrons. The second kappa shape index (κ2) is 7.80. The van der Waals surface area contributed by atoms with Gasteiger partial charge >= 0.3 is 0 Å². The molecule has 0 radical (unpaired) electrons. The Labute approximate surface area is 178 Å². The molecule has 0 aliphatic carbocycles.